The molecule has 0 bridgehead atoms. The van der Waals surface area contributed by atoms with Crippen LogP contribution in [0.4, 0.5) is 5.88 Å². The Labute approximate surface area is 75.1 Å². The number of nitrogen functional groups attached to an aromatic ring is 1. The summed E-state index contributed by atoms with van der Waals surface area (Å²) in [6, 6.07) is 0. The Morgan fingerprint density at radius 2 is 2.38 bits per heavy atom. The van der Waals surface area contributed by atoms with Crippen molar-refractivity contribution in [1.82, 2.24) is 0 Å². The van der Waals surface area contributed by atoms with E-state index < -0.39 is 5.97 Å². The molecule has 0 aliphatic carbocycles. The summed E-state index contributed by atoms with van der Waals surface area (Å²) in [6.45, 7) is 1.72. The monoisotopic (exact) mass is 185 g/mol. The van der Waals surface area contributed by atoms with Gasteiger partial charge in [-0.2, -0.15) is 0 Å². The normalized spacial score (nSPS) is 12.8. The standard InChI is InChI=1S/C8H11NO4/c1-4(12-2)5-3-13-7(9)6(5)8(10)11/h3-4H,9H2,1-2H3,(H,10,11). The molecular weight excluding hydrogens is 174 g/mol. The largest absolute Gasteiger partial charge is 0.477 e. The van der Waals surface area contributed by atoms with Crippen molar-refractivity contribution in [2.24, 2.45) is 0 Å². The summed E-state index contributed by atoms with van der Waals surface area (Å²) in [5.41, 5.74) is 5.76. The van der Waals surface area contributed by atoms with Crippen LogP contribution in [-0.4, -0.2) is 18.2 Å². The Kier molecular flexibility index (Phi) is 2.57. The van der Waals surface area contributed by atoms with Gasteiger partial charge in [0.1, 0.15) is 5.56 Å². The Bertz CT molecular complexity index is 318. The fraction of sp³-hybridized carbons (Fsp3) is 0.375. The van der Waals surface area contributed by atoms with Crippen LogP contribution in [0.3, 0.4) is 0 Å². The summed E-state index contributed by atoms with van der Waals surface area (Å²) in [6.07, 6.45) is 0.958. The molecule has 0 radical (unpaired) electrons. The second-order valence-corrected chi connectivity index (χ2v) is 2.61. The first kappa shape index (κ1) is 9.60. The molecule has 0 amide bonds. The van der Waals surface area contributed by atoms with Crippen LogP contribution in [0.2, 0.25) is 0 Å². The number of carboxylic acid groups (broad SMARTS) is 1. The van der Waals surface area contributed by atoms with E-state index in [2.05, 4.69) is 0 Å². The van der Waals surface area contributed by atoms with Crippen LogP contribution in [0.25, 0.3) is 0 Å². The van der Waals surface area contributed by atoms with Gasteiger partial charge >= 0.3 is 5.97 Å². The topological polar surface area (TPSA) is 85.7 Å². The SMILES string of the molecule is COC(C)c1coc(N)c1C(=O)O. The summed E-state index contributed by atoms with van der Waals surface area (Å²) in [5.74, 6) is -1.20. The average Bonchev–Trinajstić information content (AvgIpc) is 2.45. The van der Waals surface area contributed by atoms with E-state index >= 15 is 0 Å². The van der Waals surface area contributed by atoms with E-state index in [0.717, 1.165) is 0 Å². The molecule has 0 spiro atoms. The van der Waals surface area contributed by atoms with Crippen molar-refractivity contribution in [3.05, 3.63) is 17.4 Å². The lowest BCUT2D eigenvalue weighted by molar-refractivity contribution is 0.0685. The van der Waals surface area contributed by atoms with Crippen LogP contribution >= 0.6 is 0 Å². The minimum Gasteiger partial charge on any atom is -0.477 e. The summed E-state index contributed by atoms with van der Waals surface area (Å²) in [5, 5.41) is 8.78. The Morgan fingerprint density at radius 3 is 2.85 bits per heavy atom. The molecule has 0 aromatic carbocycles. The summed E-state index contributed by atoms with van der Waals surface area (Å²) < 4.78 is 9.76. The van der Waals surface area contributed by atoms with Crippen LogP contribution in [0.1, 0.15) is 28.9 Å². The molecule has 1 rings (SSSR count). The minimum atomic E-state index is -1.11. The van der Waals surface area contributed by atoms with Crippen LogP contribution < -0.4 is 5.73 Å². The number of ether oxygens (including phenoxy) is 1. The number of hydrogen-bond acceptors (Lipinski definition) is 4. The molecule has 13 heavy (non-hydrogen) atoms. The predicted molar refractivity (Wildman–Crippen MR) is 45.5 cm³/mol. The Balaban J connectivity index is 3.14. The number of carboxylic acids is 1. The van der Waals surface area contributed by atoms with Crippen LogP contribution in [0.5, 0.6) is 0 Å². The Morgan fingerprint density at radius 1 is 1.77 bits per heavy atom. The highest BCUT2D eigenvalue weighted by Crippen LogP contribution is 2.26. The molecule has 0 saturated carbocycles. The molecule has 1 aromatic rings. The number of rotatable bonds is 3. The number of furan rings is 1. The van der Waals surface area contributed by atoms with E-state index in [0.29, 0.717) is 5.56 Å². The predicted octanol–water partition coefficient (Wildman–Crippen LogP) is 1.27. The molecule has 0 aliphatic rings. The second kappa shape index (κ2) is 3.49. The van der Waals surface area contributed by atoms with Crippen LogP contribution in [-0.2, 0) is 4.74 Å². The summed E-state index contributed by atoms with van der Waals surface area (Å²) in [4.78, 5) is 10.7. The van der Waals surface area contributed by atoms with Gasteiger partial charge in [0.05, 0.1) is 12.4 Å². The van der Waals surface area contributed by atoms with Crippen LogP contribution in [0.15, 0.2) is 10.7 Å². The van der Waals surface area contributed by atoms with Gasteiger partial charge in [0, 0.05) is 12.7 Å². The maximum atomic E-state index is 10.7. The number of carbonyl (C=O) groups is 1. The van der Waals surface area contributed by atoms with Gasteiger partial charge in [0.25, 0.3) is 0 Å². The lowest BCUT2D eigenvalue weighted by Gasteiger charge is -2.06. The van der Waals surface area contributed by atoms with Gasteiger partial charge in [-0.15, -0.1) is 0 Å². The van der Waals surface area contributed by atoms with Gasteiger partial charge in [0.15, 0.2) is 0 Å². The number of aromatic carboxylic acids is 1. The molecule has 1 unspecified atom stereocenters. The molecule has 1 atom stereocenters. The van der Waals surface area contributed by atoms with E-state index in [9.17, 15) is 4.79 Å². The molecule has 3 N–H and O–H groups in total. The second-order valence-electron chi connectivity index (χ2n) is 2.61. The maximum absolute atomic E-state index is 10.7. The van der Waals surface area contributed by atoms with Crippen molar-refractivity contribution < 1.29 is 19.1 Å². The van der Waals surface area contributed by atoms with Crippen LogP contribution in [0, 0.1) is 0 Å². The molecular formula is C8H11NO4. The fourth-order valence-corrected chi connectivity index (χ4v) is 1.04. The zero-order chi connectivity index (χ0) is 10.0. The van der Waals surface area contributed by atoms with Gasteiger partial charge in [0.2, 0.25) is 5.88 Å². The number of anilines is 1. The third-order valence-corrected chi connectivity index (χ3v) is 1.85. The molecule has 72 valence electrons. The lowest BCUT2D eigenvalue weighted by atomic mass is 10.1. The van der Waals surface area contributed by atoms with Crippen molar-refractivity contribution >= 4 is 11.9 Å². The lowest BCUT2D eigenvalue weighted by Crippen LogP contribution is -2.06. The van der Waals surface area contributed by atoms with Crippen molar-refractivity contribution in [3.8, 4) is 0 Å². The molecule has 0 saturated heterocycles. The smallest absolute Gasteiger partial charge is 0.341 e. The van der Waals surface area contributed by atoms with Gasteiger partial charge < -0.3 is 20.0 Å². The highest BCUT2D eigenvalue weighted by molar-refractivity contribution is 5.94. The highest BCUT2D eigenvalue weighted by Gasteiger charge is 2.21. The van der Waals surface area contributed by atoms with Gasteiger partial charge in [-0.05, 0) is 6.92 Å². The van der Waals surface area contributed by atoms with E-state index in [-0.39, 0.29) is 17.6 Å². The zero-order valence-corrected chi connectivity index (χ0v) is 7.40. The molecule has 1 aromatic heterocycles. The van der Waals surface area contributed by atoms with Crippen molar-refractivity contribution in [3.63, 3.8) is 0 Å². The number of methoxy groups -OCH3 is 1. The first-order valence-corrected chi connectivity index (χ1v) is 3.70. The quantitative estimate of drug-likeness (QED) is 0.740. The molecule has 1 heterocycles. The van der Waals surface area contributed by atoms with E-state index in [1.54, 1.807) is 6.92 Å². The first-order chi connectivity index (χ1) is 6.07. The highest BCUT2D eigenvalue weighted by atomic mass is 16.5. The average molecular weight is 185 g/mol. The zero-order valence-electron chi connectivity index (χ0n) is 7.40. The third kappa shape index (κ3) is 1.65. The molecule has 5 nitrogen and oxygen atoms in total. The van der Waals surface area contributed by atoms with E-state index in [1.165, 1.54) is 13.4 Å². The molecule has 0 aliphatic heterocycles. The van der Waals surface area contributed by atoms with Crippen molar-refractivity contribution in [2.75, 3.05) is 12.8 Å². The fourth-order valence-electron chi connectivity index (χ4n) is 1.04. The first-order valence-electron chi connectivity index (χ1n) is 3.70. The van der Waals surface area contributed by atoms with Gasteiger partial charge in [-0.3, -0.25) is 0 Å². The number of hydrogen-bond donors (Lipinski definition) is 2. The van der Waals surface area contributed by atoms with Crippen molar-refractivity contribution in [1.29, 1.82) is 0 Å². The Hall–Kier alpha value is -1.49. The summed E-state index contributed by atoms with van der Waals surface area (Å²) in [7, 11) is 1.49. The van der Waals surface area contributed by atoms with Gasteiger partial charge in [-0.1, -0.05) is 0 Å². The maximum Gasteiger partial charge on any atom is 0.341 e. The van der Waals surface area contributed by atoms with E-state index in [1.807, 2.05) is 0 Å². The third-order valence-electron chi connectivity index (χ3n) is 1.85. The minimum absolute atomic E-state index is 0.0191. The molecule has 5 heteroatoms. The van der Waals surface area contributed by atoms with E-state index in [4.69, 9.17) is 20.0 Å². The molecule has 0 fully saturated rings. The number of nitrogens with two attached hydrogens (primary N) is 1. The summed E-state index contributed by atoms with van der Waals surface area (Å²) >= 11 is 0. The van der Waals surface area contributed by atoms with Crippen molar-refractivity contribution in [2.45, 2.75) is 13.0 Å². The van der Waals surface area contributed by atoms with Gasteiger partial charge in [-0.25, -0.2) is 4.79 Å².